The Bertz CT molecular complexity index is 395. The highest BCUT2D eigenvalue weighted by molar-refractivity contribution is 5.57. The minimum Gasteiger partial charge on any atom is -0.357 e. The molecule has 1 aromatic carbocycles. The number of rotatable bonds is 1. The van der Waals surface area contributed by atoms with Crippen LogP contribution in [-0.2, 0) is 0 Å². The maximum Gasteiger partial charge on any atom is 0.102 e. The lowest BCUT2D eigenvalue weighted by atomic mass is 10.2. The Labute approximate surface area is 91.8 Å². The zero-order valence-corrected chi connectivity index (χ0v) is 9.86. The Kier molecular flexibility index (Phi) is 2.43. The van der Waals surface area contributed by atoms with Crippen molar-refractivity contribution < 1.29 is 0 Å². The van der Waals surface area contributed by atoms with E-state index in [1.165, 1.54) is 16.9 Å². The number of hydrogen-bond donors (Lipinski definition) is 0. The molecule has 0 bridgehead atoms. The molecule has 15 heavy (non-hydrogen) atoms. The van der Waals surface area contributed by atoms with Gasteiger partial charge in [-0.05, 0) is 32.4 Å². The average molecular weight is 202 g/mol. The van der Waals surface area contributed by atoms with Crippen LogP contribution in [0.2, 0.25) is 0 Å². The van der Waals surface area contributed by atoms with Gasteiger partial charge in [0.2, 0.25) is 0 Å². The standard InChI is InChI=1S/C13H18N2/c1-10-7-5-6-8-13(10)15-9-11(2)14(4)12(15)3/h5-9,12H,1-4H3. The van der Waals surface area contributed by atoms with Gasteiger partial charge < -0.3 is 9.80 Å². The summed E-state index contributed by atoms with van der Waals surface area (Å²) in [5.74, 6) is 0. The van der Waals surface area contributed by atoms with E-state index in [1.807, 2.05) is 0 Å². The molecule has 1 aliphatic rings. The predicted octanol–water partition coefficient (Wildman–Crippen LogP) is 2.95. The van der Waals surface area contributed by atoms with Gasteiger partial charge in [0.15, 0.2) is 0 Å². The van der Waals surface area contributed by atoms with E-state index in [2.05, 4.69) is 68.1 Å². The summed E-state index contributed by atoms with van der Waals surface area (Å²) in [6.45, 7) is 6.53. The van der Waals surface area contributed by atoms with Crippen molar-refractivity contribution >= 4 is 5.69 Å². The zero-order valence-electron chi connectivity index (χ0n) is 9.86. The molecule has 1 aromatic rings. The molecule has 0 saturated carbocycles. The first-order valence-corrected chi connectivity index (χ1v) is 5.36. The molecule has 0 N–H and O–H groups in total. The van der Waals surface area contributed by atoms with Gasteiger partial charge in [-0.3, -0.25) is 0 Å². The smallest absolute Gasteiger partial charge is 0.102 e. The van der Waals surface area contributed by atoms with E-state index >= 15 is 0 Å². The molecule has 1 atom stereocenters. The Hall–Kier alpha value is -1.44. The lowest BCUT2D eigenvalue weighted by molar-refractivity contribution is 0.357. The first-order chi connectivity index (χ1) is 7.11. The van der Waals surface area contributed by atoms with Gasteiger partial charge in [0.05, 0.1) is 0 Å². The molecule has 1 unspecified atom stereocenters. The summed E-state index contributed by atoms with van der Waals surface area (Å²) in [6, 6.07) is 8.51. The number of anilines is 1. The van der Waals surface area contributed by atoms with Crippen LogP contribution in [0.25, 0.3) is 0 Å². The van der Waals surface area contributed by atoms with Gasteiger partial charge in [0, 0.05) is 24.6 Å². The van der Waals surface area contributed by atoms with Crippen LogP contribution in [0, 0.1) is 6.92 Å². The fourth-order valence-electron chi connectivity index (χ4n) is 2.01. The Morgan fingerprint density at radius 1 is 1.13 bits per heavy atom. The SMILES string of the molecule is CC1=CN(c2ccccc2C)C(C)N1C. The summed E-state index contributed by atoms with van der Waals surface area (Å²) in [5, 5.41) is 0. The van der Waals surface area contributed by atoms with Crippen molar-refractivity contribution in [2.24, 2.45) is 0 Å². The average Bonchev–Trinajstić information content (AvgIpc) is 2.47. The third-order valence-electron chi connectivity index (χ3n) is 3.24. The van der Waals surface area contributed by atoms with Gasteiger partial charge in [0.25, 0.3) is 0 Å². The molecule has 2 nitrogen and oxygen atoms in total. The first-order valence-electron chi connectivity index (χ1n) is 5.36. The second-order valence-corrected chi connectivity index (χ2v) is 4.21. The zero-order chi connectivity index (χ0) is 11.0. The van der Waals surface area contributed by atoms with E-state index in [0.29, 0.717) is 6.17 Å². The summed E-state index contributed by atoms with van der Waals surface area (Å²) in [5.41, 5.74) is 3.93. The second-order valence-electron chi connectivity index (χ2n) is 4.21. The molecule has 2 rings (SSSR count). The number of allylic oxidation sites excluding steroid dienone is 1. The molecule has 0 aromatic heterocycles. The minimum absolute atomic E-state index is 0.408. The molecular weight excluding hydrogens is 184 g/mol. The van der Waals surface area contributed by atoms with Gasteiger partial charge >= 0.3 is 0 Å². The quantitative estimate of drug-likeness (QED) is 0.691. The van der Waals surface area contributed by atoms with E-state index < -0.39 is 0 Å². The third-order valence-corrected chi connectivity index (χ3v) is 3.24. The molecule has 1 heterocycles. The number of hydrogen-bond acceptors (Lipinski definition) is 2. The van der Waals surface area contributed by atoms with Crippen LogP contribution < -0.4 is 4.90 Å². The maximum absolute atomic E-state index is 2.32. The maximum atomic E-state index is 2.32. The summed E-state index contributed by atoms with van der Waals surface area (Å²) >= 11 is 0. The van der Waals surface area contributed by atoms with Gasteiger partial charge in [0.1, 0.15) is 6.17 Å². The van der Waals surface area contributed by atoms with Crippen molar-refractivity contribution in [2.45, 2.75) is 26.9 Å². The number of benzene rings is 1. The molecule has 80 valence electrons. The van der Waals surface area contributed by atoms with E-state index in [9.17, 15) is 0 Å². The molecule has 2 heteroatoms. The second kappa shape index (κ2) is 3.61. The van der Waals surface area contributed by atoms with Crippen molar-refractivity contribution in [3.63, 3.8) is 0 Å². The topological polar surface area (TPSA) is 6.48 Å². The molecule has 0 amide bonds. The molecule has 0 radical (unpaired) electrons. The van der Waals surface area contributed by atoms with Crippen LogP contribution in [0.1, 0.15) is 19.4 Å². The lowest BCUT2D eigenvalue weighted by Gasteiger charge is -2.28. The van der Waals surface area contributed by atoms with Crippen molar-refractivity contribution in [3.05, 3.63) is 41.7 Å². The molecule has 0 saturated heterocycles. The number of para-hydroxylation sites is 1. The number of nitrogens with zero attached hydrogens (tertiary/aromatic N) is 2. The van der Waals surface area contributed by atoms with Gasteiger partial charge in [-0.15, -0.1) is 0 Å². The summed E-state index contributed by atoms with van der Waals surface area (Å²) in [7, 11) is 2.13. The Balaban J connectivity index is 2.38. The van der Waals surface area contributed by atoms with Crippen molar-refractivity contribution in [2.75, 3.05) is 11.9 Å². The molecule has 0 aliphatic carbocycles. The summed E-state index contributed by atoms with van der Waals surface area (Å²) in [4.78, 5) is 4.61. The largest absolute Gasteiger partial charge is 0.357 e. The fraction of sp³-hybridized carbons (Fsp3) is 0.385. The van der Waals surface area contributed by atoms with Crippen LogP contribution in [0.5, 0.6) is 0 Å². The summed E-state index contributed by atoms with van der Waals surface area (Å²) in [6.07, 6.45) is 2.62. The van der Waals surface area contributed by atoms with Gasteiger partial charge in [-0.2, -0.15) is 0 Å². The van der Waals surface area contributed by atoms with Crippen LogP contribution in [0.15, 0.2) is 36.2 Å². The summed E-state index contributed by atoms with van der Waals surface area (Å²) < 4.78 is 0. The van der Waals surface area contributed by atoms with Gasteiger partial charge in [-0.1, -0.05) is 18.2 Å². The molecule has 0 fully saturated rings. The molecule has 0 spiro atoms. The molecule has 1 aliphatic heterocycles. The predicted molar refractivity (Wildman–Crippen MR) is 64.6 cm³/mol. The van der Waals surface area contributed by atoms with Crippen LogP contribution in [0.3, 0.4) is 0 Å². The van der Waals surface area contributed by atoms with Gasteiger partial charge in [-0.25, -0.2) is 0 Å². The van der Waals surface area contributed by atoms with Crippen LogP contribution in [-0.4, -0.2) is 18.1 Å². The first kappa shape index (κ1) is 10.1. The minimum atomic E-state index is 0.408. The third kappa shape index (κ3) is 1.60. The normalized spacial score (nSPS) is 20.8. The highest BCUT2D eigenvalue weighted by atomic mass is 15.4. The Morgan fingerprint density at radius 2 is 1.80 bits per heavy atom. The lowest BCUT2D eigenvalue weighted by Crippen LogP contribution is -2.34. The van der Waals surface area contributed by atoms with Crippen LogP contribution in [0.4, 0.5) is 5.69 Å². The Morgan fingerprint density at radius 3 is 2.33 bits per heavy atom. The highest BCUT2D eigenvalue weighted by Gasteiger charge is 2.24. The van der Waals surface area contributed by atoms with E-state index in [0.717, 1.165) is 0 Å². The fourth-order valence-corrected chi connectivity index (χ4v) is 2.01. The van der Waals surface area contributed by atoms with E-state index in [-0.39, 0.29) is 0 Å². The highest BCUT2D eigenvalue weighted by Crippen LogP contribution is 2.29. The molecular formula is C13H18N2. The van der Waals surface area contributed by atoms with Crippen LogP contribution >= 0.6 is 0 Å². The van der Waals surface area contributed by atoms with E-state index in [4.69, 9.17) is 0 Å². The monoisotopic (exact) mass is 202 g/mol. The van der Waals surface area contributed by atoms with Crippen molar-refractivity contribution in [3.8, 4) is 0 Å². The van der Waals surface area contributed by atoms with Crippen molar-refractivity contribution in [1.29, 1.82) is 0 Å². The van der Waals surface area contributed by atoms with Crippen molar-refractivity contribution in [1.82, 2.24) is 4.90 Å². The number of aryl methyl sites for hydroxylation is 1. The van der Waals surface area contributed by atoms with E-state index in [1.54, 1.807) is 0 Å².